The molecule has 0 radical (unpaired) electrons. The molecule has 0 bridgehead atoms. The molecule has 1 unspecified atom stereocenters. The number of nitrogens with zero attached hydrogens (tertiary/aromatic N) is 2. The Morgan fingerprint density at radius 2 is 1.60 bits per heavy atom. The van der Waals surface area contributed by atoms with Crippen LogP contribution in [0.25, 0.3) is 0 Å². The van der Waals surface area contributed by atoms with Crippen molar-refractivity contribution < 1.29 is 27.5 Å². The zero-order valence-electron chi connectivity index (χ0n) is 22.6. The van der Waals surface area contributed by atoms with Crippen molar-refractivity contribution in [1.82, 2.24) is 10.2 Å². The first kappa shape index (κ1) is 31.1. The molecule has 1 N–H and O–H groups in total. The molecule has 0 aliphatic rings. The van der Waals surface area contributed by atoms with Crippen molar-refractivity contribution in [2.45, 2.75) is 31.3 Å². The maximum Gasteiger partial charge on any atom is 0.264 e. The Labute approximate surface area is 244 Å². The van der Waals surface area contributed by atoms with E-state index in [0.717, 1.165) is 4.31 Å². The molecule has 40 heavy (non-hydrogen) atoms. The molecule has 0 fully saturated rings. The van der Waals surface area contributed by atoms with Crippen LogP contribution in [0.4, 0.5) is 5.69 Å². The van der Waals surface area contributed by atoms with Gasteiger partial charge >= 0.3 is 0 Å². The topological polar surface area (TPSA) is 105 Å². The van der Waals surface area contributed by atoms with Crippen LogP contribution in [-0.2, 0) is 26.2 Å². The van der Waals surface area contributed by atoms with Crippen LogP contribution in [0, 0.1) is 0 Å². The lowest BCUT2D eigenvalue weighted by molar-refractivity contribution is -0.139. The first-order valence-electron chi connectivity index (χ1n) is 12.3. The van der Waals surface area contributed by atoms with Crippen molar-refractivity contribution in [2.75, 3.05) is 31.6 Å². The Balaban J connectivity index is 2.07. The molecule has 3 aromatic carbocycles. The van der Waals surface area contributed by atoms with Gasteiger partial charge in [-0.1, -0.05) is 35.3 Å². The molecule has 0 saturated carbocycles. The molecule has 1 atom stereocenters. The van der Waals surface area contributed by atoms with Crippen LogP contribution >= 0.6 is 23.2 Å². The molecule has 2 amide bonds. The molecule has 0 heterocycles. The van der Waals surface area contributed by atoms with Crippen molar-refractivity contribution in [3.8, 4) is 11.5 Å². The van der Waals surface area contributed by atoms with Crippen LogP contribution in [0.1, 0.15) is 19.4 Å². The average Bonchev–Trinajstić information content (AvgIpc) is 2.94. The van der Waals surface area contributed by atoms with Crippen LogP contribution in [0.5, 0.6) is 11.5 Å². The molecule has 0 aliphatic carbocycles. The summed E-state index contributed by atoms with van der Waals surface area (Å²) >= 11 is 12.2. The number of methoxy groups -OCH3 is 2. The summed E-state index contributed by atoms with van der Waals surface area (Å²) in [4.78, 5) is 27.9. The summed E-state index contributed by atoms with van der Waals surface area (Å²) < 4.78 is 39.5. The number of halogens is 2. The van der Waals surface area contributed by atoms with E-state index in [-0.39, 0.29) is 28.8 Å². The first-order valence-corrected chi connectivity index (χ1v) is 14.5. The third-order valence-corrected chi connectivity index (χ3v) is 8.35. The van der Waals surface area contributed by atoms with Crippen LogP contribution < -0.4 is 19.1 Å². The number of nitrogens with one attached hydrogen (secondary N) is 1. The normalized spacial score (nSPS) is 11.8. The van der Waals surface area contributed by atoms with Crippen LogP contribution in [0.3, 0.4) is 0 Å². The van der Waals surface area contributed by atoms with Crippen molar-refractivity contribution in [1.29, 1.82) is 0 Å². The fraction of sp³-hybridized carbons (Fsp3) is 0.286. The zero-order valence-corrected chi connectivity index (χ0v) is 24.9. The van der Waals surface area contributed by atoms with Gasteiger partial charge in [0.2, 0.25) is 11.8 Å². The Morgan fingerprint density at radius 1 is 0.925 bits per heavy atom. The number of likely N-dealkylation sites (N-methyl/N-ethyl adjacent to an activating group) is 1. The van der Waals surface area contributed by atoms with E-state index in [1.54, 1.807) is 38.1 Å². The van der Waals surface area contributed by atoms with Gasteiger partial charge in [0.05, 0.1) is 24.8 Å². The molecule has 9 nitrogen and oxygen atoms in total. The van der Waals surface area contributed by atoms with E-state index < -0.39 is 28.5 Å². The SMILES string of the molecule is CCNC(=O)C(C)N(Cc1cccc(Cl)c1)C(=O)CN(c1ccc(Cl)cc1)S(=O)(=O)c1ccc(OC)c(OC)c1. The van der Waals surface area contributed by atoms with Gasteiger partial charge in [0.25, 0.3) is 10.0 Å². The molecule has 0 aromatic heterocycles. The highest BCUT2D eigenvalue weighted by molar-refractivity contribution is 7.92. The Bertz CT molecular complexity index is 1450. The number of anilines is 1. The summed E-state index contributed by atoms with van der Waals surface area (Å²) in [5.74, 6) is -0.422. The van der Waals surface area contributed by atoms with E-state index in [2.05, 4.69) is 5.32 Å². The fourth-order valence-electron chi connectivity index (χ4n) is 3.98. The van der Waals surface area contributed by atoms with E-state index >= 15 is 0 Å². The van der Waals surface area contributed by atoms with Gasteiger partial charge in [0.15, 0.2) is 11.5 Å². The van der Waals surface area contributed by atoms with E-state index in [1.807, 2.05) is 0 Å². The summed E-state index contributed by atoms with van der Waals surface area (Å²) in [5, 5.41) is 3.58. The second-order valence-electron chi connectivity index (χ2n) is 8.73. The number of ether oxygens (including phenoxy) is 2. The Hall–Kier alpha value is -3.47. The summed E-state index contributed by atoms with van der Waals surface area (Å²) in [6.45, 7) is 3.16. The van der Waals surface area contributed by atoms with Crippen molar-refractivity contribution in [2.24, 2.45) is 0 Å². The molecule has 12 heteroatoms. The zero-order chi connectivity index (χ0) is 29.4. The minimum Gasteiger partial charge on any atom is -0.493 e. The van der Waals surface area contributed by atoms with Gasteiger partial charge in [-0.25, -0.2) is 8.42 Å². The number of benzene rings is 3. The second-order valence-corrected chi connectivity index (χ2v) is 11.5. The van der Waals surface area contributed by atoms with Gasteiger partial charge in [-0.3, -0.25) is 13.9 Å². The molecule has 0 saturated heterocycles. The maximum atomic E-state index is 14.0. The lowest BCUT2D eigenvalue weighted by Gasteiger charge is -2.32. The Kier molecular flexibility index (Phi) is 10.7. The number of amides is 2. The quantitative estimate of drug-likeness (QED) is 0.318. The lowest BCUT2D eigenvalue weighted by Crippen LogP contribution is -2.51. The molecule has 3 aromatic rings. The maximum absolute atomic E-state index is 14.0. The fourth-order valence-corrected chi connectivity index (χ4v) is 5.75. The minimum absolute atomic E-state index is 0.0303. The standard InChI is InChI=1S/C28H31Cl2N3O6S/c1-5-31-28(35)19(2)32(17-20-7-6-8-22(30)15-20)27(34)18-33(23-11-9-21(29)10-12-23)40(36,37)24-13-14-25(38-3)26(16-24)39-4/h6-16,19H,5,17-18H2,1-4H3,(H,31,35). The molecule has 214 valence electrons. The van der Waals surface area contributed by atoms with Crippen LogP contribution in [0.2, 0.25) is 10.0 Å². The number of hydrogen-bond donors (Lipinski definition) is 1. The van der Waals surface area contributed by atoms with E-state index in [9.17, 15) is 18.0 Å². The highest BCUT2D eigenvalue weighted by Gasteiger charge is 2.33. The lowest BCUT2D eigenvalue weighted by atomic mass is 10.1. The molecule has 3 rings (SSSR count). The van der Waals surface area contributed by atoms with E-state index in [0.29, 0.717) is 27.9 Å². The van der Waals surface area contributed by atoms with Crippen molar-refractivity contribution in [3.05, 3.63) is 82.3 Å². The number of carbonyl (C=O) groups is 2. The van der Waals surface area contributed by atoms with Gasteiger partial charge in [-0.2, -0.15) is 0 Å². The third-order valence-electron chi connectivity index (χ3n) is 6.10. The minimum atomic E-state index is -4.30. The predicted octanol–water partition coefficient (Wildman–Crippen LogP) is 4.76. The van der Waals surface area contributed by atoms with Crippen LogP contribution in [-0.4, -0.2) is 58.5 Å². The predicted molar refractivity (Wildman–Crippen MR) is 156 cm³/mol. The summed E-state index contributed by atoms with van der Waals surface area (Å²) in [5.41, 5.74) is 0.888. The summed E-state index contributed by atoms with van der Waals surface area (Å²) in [7, 11) is -1.47. The summed E-state index contributed by atoms with van der Waals surface area (Å²) in [6, 6.07) is 16.2. The van der Waals surface area contributed by atoms with Gasteiger partial charge in [0, 0.05) is 29.2 Å². The van der Waals surface area contributed by atoms with Gasteiger partial charge < -0.3 is 19.7 Å². The largest absolute Gasteiger partial charge is 0.493 e. The number of carbonyl (C=O) groups excluding carboxylic acids is 2. The molecular weight excluding hydrogens is 577 g/mol. The highest BCUT2D eigenvalue weighted by atomic mass is 35.5. The second kappa shape index (κ2) is 13.7. The van der Waals surface area contributed by atoms with Gasteiger partial charge in [-0.05, 0) is 67.9 Å². The van der Waals surface area contributed by atoms with Crippen molar-refractivity contribution in [3.63, 3.8) is 0 Å². The van der Waals surface area contributed by atoms with E-state index in [1.165, 1.54) is 61.6 Å². The summed E-state index contributed by atoms with van der Waals surface area (Å²) in [6.07, 6.45) is 0. The third kappa shape index (κ3) is 7.38. The molecule has 0 spiro atoms. The smallest absolute Gasteiger partial charge is 0.264 e. The molecule has 0 aliphatic heterocycles. The van der Waals surface area contributed by atoms with Gasteiger partial charge in [-0.15, -0.1) is 0 Å². The average molecular weight is 609 g/mol. The van der Waals surface area contributed by atoms with Gasteiger partial charge in [0.1, 0.15) is 12.6 Å². The Morgan fingerprint density at radius 3 is 2.20 bits per heavy atom. The van der Waals surface area contributed by atoms with Crippen LogP contribution in [0.15, 0.2) is 71.6 Å². The number of rotatable bonds is 12. The van der Waals surface area contributed by atoms with Crippen molar-refractivity contribution >= 4 is 50.7 Å². The number of sulfonamides is 1. The van der Waals surface area contributed by atoms with E-state index in [4.69, 9.17) is 32.7 Å². The monoisotopic (exact) mass is 607 g/mol. The highest BCUT2D eigenvalue weighted by Crippen LogP contribution is 2.32. The first-order chi connectivity index (χ1) is 19.0. The molecular formula is C28H31Cl2N3O6S. The number of hydrogen-bond acceptors (Lipinski definition) is 6.